The normalized spacial score (nSPS) is 14.0. The van der Waals surface area contributed by atoms with Crippen molar-refractivity contribution < 1.29 is 0 Å². The van der Waals surface area contributed by atoms with Crippen LogP contribution in [0.4, 0.5) is 0 Å². The first-order valence-electron chi connectivity index (χ1n) is 5.00. The van der Waals surface area contributed by atoms with Gasteiger partial charge in [-0.05, 0) is 25.7 Å². The van der Waals surface area contributed by atoms with E-state index in [0.29, 0.717) is 11.5 Å². The third kappa shape index (κ3) is 2.78. The van der Waals surface area contributed by atoms with Crippen LogP contribution in [-0.4, -0.2) is 11.6 Å². The van der Waals surface area contributed by atoms with Crippen molar-refractivity contribution in [1.29, 1.82) is 0 Å². The molecule has 0 heterocycles. The van der Waals surface area contributed by atoms with Crippen molar-refractivity contribution in [2.75, 3.05) is 0 Å². The molecular formula is C11H25N. The lowest BCUT2D eigenvalue weighted by Gasteiger charge is -2.43. The third-order valence-corrected chi connectivity index (χ3v) is 3.23. The zero-order chi connectivity index (χ0) is 9.99. The summed E-state index contributed by atoms with van der Waals surface area (Å²) in [4.78, 5) is 0. The fraction of sp³-hybridized carbons (Fsp3) is 1.00. The van der Waals surface area contributed by atoms with Gasteiger partial charge in [0.05, 0.1) is 0 Å². The smallest absolute Gasteiger partial charge is 0.0178 e. The van der Waals surface area contributed by atoms with Gasteiger partial charge in [-0.3, -0.25) is 0 Å². The fourth-order valence-electron chi connectivity index (χ4n) is 1.36. The molecule has 0 saturated carbocycles. The van der Waals surface area contributed by atoms with Gasteiger partial charge < -0.3 is 5.32 Å². The molecule has 0 aliphatic rings. The summed E-state index contributed by atoms with van der Waals surface area (Å²) in [5.41, 5.74) is 0.577. The molecule has 0 aliphatic carbocycles. The molecule has 0 bridgehead atoms. The van der Waals surface area contributed by atoms with E-state index in [1.165, 1.54) is 6.42 Å². The highest BCUT2D eigenvalue weighted by molar-refractivity contribution is 4.92. The summed E-state index contributed by atoms with van der Waals surface area (Å²) >= 11 is 0. The average molecular weight is 171 g/mol. The van der Waals surface area contributed by atoms with Crippen LogP contribution in [0.1, 0.15) is 54.9 Å². The van der Waals surface area contributed by atoms with E-state index < -0.39 is 0 Å². The van der Waals surface area contributed by atoms with Crippen LogP contribution in [0.15, 0.2) is 0 Å². The average Bonchev–Trinajstić information content (AvgIpc) is 1.84. The van der Waals surface area contributed by atoms with Crippen LogP contribution < -0.4 is 5.32 Å². The molecule has 0 amide bonds. The number of rotatable bonds is 4. The molecule has 0 spiro atoms. The lowest BCUT2D eigenvalue weighted by molar-refractivity contribution is 0.138. The standard InChI is InChI=1S/C11H25N/c1-8-10(4,5)11(6,7)12-9(2)3/h9,12H,8H2,1-7H3. The Morgan fingerprint density at radius 2 is 1.50 bits per heavy atom. The molecule has 0 saturated heterocycles. The highest BCUT2D eigenvalue weighted by Crippen LogP contribution is 2.33. The molecule has 1 N–H and O–H groups in total. The Labute approximate surface area is 77.9 Å². The Morgan fingerprint density at radius 1 is 1.08 bits per heavy atom. The molecule has 0 aromatic heterocycles. The zero-order valence-electron chi connectivity index (χ0n) is 9.78. The van der Waals surface area contributed by atoms with E-state index in [-0.39, 0.29) is 5.54 Å². The van der Waals surface area contributed by atoms with Gasteiger partial charge in [-0.25, -0.2) is 0 Å². The van der Waals surface area contributed by atoms with E-state index in [0.717, 1.165) is 0 Å². The Bertz CT molecular complexity index is 134. The SMILES string of the molecule is CCC(C)(C)C(C)(C)NC(C)C. The van der Waals surface area contributed by atoms with E-state index >= 15 is 0 Å². The van der Waals surface area contributed by atoms with Crippen LogP contribution in [0.5, 0.6) is 0 Å². The maximum atomic E-state index is 3.61. The highest BCUT2D eigenvalue weighted by Gasteiger charge is 2.35. The summed E-state index contributed by atoms with van der Waals surface area (Å²) in [6.45, 7) is 15.9. The second-order valence-corrected chi connectivity index (χ2v) is 5.16. The van der Waals surface area contributed by atoms with E-state index in [2.05, 4.69) is 53.8 Å². The van der Waals surface area contributed by atoms with Crippen LogP contribution in [0, 0.1) is 5.41 Å². The van der Waals surface area contributed by atoms with Crippen LogP contribution in [0.3, 0.4) is 0 Å². The van der Waals surface area contributed by atoms with Gasteiger partial charge in [0.1, 0.15) is 0 Å². The summed E-state index contributed by atoms with van der Waals surface area (Å²) in [7, 11) is 0. The monoisotopic (exact) mass is 171 g/mol. The number of hydrogen-bond acceptors (Lipinski definition) is 1. The predicted molar refractivity (Wildman–Crippen MR) is 56.4 cm³/mol. The van der Waals surface area contributed by atoms with Crippen LogP contribution in [0.2, 0.25) is 0 Å². The molecule has 0 aromatic carbocycles. The second kappa shape index (κ2) is 3.78. The van der Waals surface area contributed by atoms with Crippen molar-refractivity contribution in [3.63, 3.8) is 0 Å². The van der Waals surface area contributed by atoms with Gasteiger partial charge in [0, 0.05) is 11.6 Å². The molecule has 0 unspecified atom stereocenters. The van der Waals surface area contributed by atoms with Crippen molar-refractivity contribution in [1.82, 2.24) is 5.32 Å². The predicted octanol–water partition coefficient (Wildman–Crippen LogP) is 3.20. The van der Waals surface area contributed by atoms with Gasteiger partial charge in [-0.2, -0.15) is 0 Å². The van der Waals surface area contributed by atoms with Crippen LogP contribution in [0.25, 0.3) is 0 Å². The van der Waals surface area contributed by atoms with Crippen molar-refractivity contribution >= 4 is 0 Å². The highest BCUT2D eigenvalue weighted by atomic mass is 15.0. The number of nitrogens with one attached hydrogen (secondary N) is 1. The van der Waals surface area contributed by atoms with Crippen molar-refractivity contribution in [2.24, 2.45) is 5.41 Å². The number of hydrogen-bond donors (Lipinski definition) is 1. The summed E-state index contributed by atoms with van der Waals surface area (Å²) in [5, 5.41) is 3.61. The minimum atomic E-state index is 0.218. The largest absolute Gasteiger partial charge is 0.309 e. The first-order valence-corrected chi connectivity index (χ1v) is 5.00. The summed E-state index contributed by atoms with van der Waals surface area (Å²) < 4.78 is 0. The lowest BCUT2D eigenvalue weighted by atomic mass is 9.72. The third-order valence-electron chi connectivity index (χ3n) is 3.23. The summed E-state index contributed by atoms with van der Waals surface area (Å²) in [5.74, 6) is 0. The first-order chi connectivity index (χ1) is 5.23. The second-order valence-electron chi connectivity index (χ2n) is 5.16. The maximum Gasteiger partial charge on any atom is 0.0178 e. The molecular weight excluding hydrogens is 146 g/mol. The molecule has 12 heavy (non-hydrogen) atoms. The van der Waals surface area contributed by atoms with Crippen LogP contribution in [-0.2, 0) is 0 Å². The Hall–Kier alpha value is -0.0400. The molecule has 74 valence electrons. The molecule has 1 nitrogen and oxygen atoms in total. The maximum absolute atomic E-state index is 3.61. The van der Waals surface area contributed by atoms with Gasteiger partial charge in [0.25, 0.3) is 0 Å². The Morgan fingerprint density at radius 3 is 1.75 bits per heavy atom. The Balaban J connectivity index is 4.37. The van der Waals surface area contributed by atoms with E-state index in [9.17, 15) is 0 Å². The Kier molecular flexibility index (Phi) is 3.77. The quantitative estimate of drug-likeness (QED) is 0.685. The van der Waals surface area contributed by atoms with Crippen LogP contribution >= 0.6 is 0 Å². The van der Waals surface area contributed by atoms with E-state index in [4.69, 9.17) is 0 Å². The fourth-order valence-corrected chi connectivity index (χ4v) is 1.36. The van der Waals surface area contributed by atoms with Gasteiger partial charge in [0.15, 0.2) is 0 Å². The van der Waals surface area contributed by atoms with Crippen molar-refractivity contribution in [2.45, 2.75) is 66.5 Å². The first kappa shape index (κ1) is 12.0. The topological polar surface area (TPSA) is 12.0 Å². The summed E-state index contributed by atoms with van der Waals surface area (Å²) in [6.07, 6.45) is 1.21. The molecule has 0 radical (unpaired) electrons. The van der Waals surface area contributed by atoms with E-state index in [1.54, 1.807) is 0 Å². The summed E-state index contributed by atoms with van der Waals surface area (Å²) in [6, 6.07) is 0.561. The molecule has 0 rings (SSSR count). The van der Waals surface area contributed by atoms with E-state index in [1.807, 2.05) is 0 Å². The lowest BCUT2D eigenvalue weighted by Crippen LogP contribution is -2.53. The van der Waals surface area contributed by atoms with Crippen molar-refractivity contribution in [3.05, 3.63) is 0 Å². The minimum Gasteiger partial charge on any atom is -0.309 e. The zero-order valence-corrected chi connectivity index (χ0v) is 9.78. The minimum absolute atomic E-state index is 0.218. The van der Waals surface area contributed by atoms with Gasteiger partial charge in [-0.1, -0.05) is 34.6 Å². The molecule has 0 fully saturated rings. The molecule has 0 aliphatic heterocycles. The molecule has 0 atom stereocenters. The van der Waals surface area contributed by atoms with Gasteiger partial charge in [0.2, 0.25) is 0 Å². The molecule has 0 aromatic rings. The molecule has 1 heteroatoms. The van der Waals surface area contributed by atoms with Gasteiger partial charge >= 0.3 is 0 Å². The van der Waals surface area contributed by atoms with Crippen molar-refractivity contribution in [3.8, 4) is 0 Å². The van der Waals surface area contributed by atoms with Gasteiger partial charge in [-0.15, -0.1) is 0 Å².